The van der Waals surface area contributed by atoms with Gasteiger partial charge in [0.2, 0.25) is 0 Å². The number of hydrogen-bond acceptors (Lipinski definition) is 2. The molecule has 0 saturated carbocycles. The lowest BCUT2D eigenvalue weighted by Gasteiger charge is -2.27. The van der Waals surface area contributed by atoms with E-state index in [2.05, 4.69) is 48.6 Å². The lowest BCUT2D eigenvalue weighted by Crippen LogP contribution is -2.29. The van der Waals surface area contributed by atoms with Gasteiger partial charge in [-0.2, -0.15) is 0 Å². The lowest BCUT2D eigenvalue weighted by molar-refractivity contribution is 0.379. The number of fused-ring (bicyclic) bond motifs is 1. The molecule has 0 bridgehead atoms. The van der Waals surface area contributed by atoms with Gasteiger partial charge in [-0.05, 0) is 51.5 Å². The van der Waals surface area contributed by atoms with E-state index in [1.807, 2.05) is 0 Å². The molecule has 0 aromatic heterocycles. The van der Waals surface area contributed by atoms with Crippen LogP contribution in [0.15, 0.2) is 24.3 Å². The van der Waals surface area contributed by atoms with Gasteiger partial charge in [0.05, 0.1) is 0 Å². The third-order valence-electron chi connectivity index (χ3n) is 3.06. The Morgan fingerprint density at radius 2 is 2.13 bits per heavy atom. The van der Waals surface area contributed by atoms with Crippen LogP contribution in [0.4, 0.5) is 5.69 Å². The highest BCUT2D eigenvalue weighted by molar-refractivity contribution is 5.53. The molecular weight excluding hydrogens is 184 g/mol. The Morgan fingerprint density at radius 3 is 2.93 bits per heavy atom. The zero-order chi connectivity index (χ0) is 10.7. The summed E-state index contributed by atoms with van der Waals surface area (Å²) in [6, 6.07) is 9.31. The average molecular weight is 204 g/mol. The molecule has 0 spiro atoms. The smallest absolute Gasteiger partial charge is 0.0374 e. The van der Waals surface area contributed by atoms with Crippen LogP contribution in [0.25, 0.3) is 0 Å². The molecule has 1 atom stereocenters. The first kappa shape index (κ1) is 10.5. The van der Waals surface area contributed by atoms with Gasteiger partial charge in [0, 0.05) is 11.7 Å². The molecule has 1 aromatic rings. The summed E-state index contributed by atoms with van der Waals surface area (Å²) in [4.78, 5) is 2.25. The molecule has 82 valence electrons. The largest absolute Gasteiger partial charge is 0.382 e. The molecule has 0 radical (unpaired) electrons. The molecular formula is C13H20N2. The molecule has 1 unspecified atom stereocenters. The van der Waals surface area contributed by atoms with E-state index < -0.39 is 0 Å². The summed E-state index contributed by atoms with van der Waals surface area (Å²) in [5.74, 6) is 0. The van der Waals surface area contributed by atoms with Crippen molar-refractivity contribution in [3.05, 3.63) is 29.8 Å². The summed E-state index contributed by atoms with van der Waals surface area (Å²) in [6.45, 7) is 1.17. The number of rotatable bonds is 3. The van der Waals surface area contributed by atoms with Crippen molar-refractivity contribution in [2.45, 2.75) is 25.3 Å². The first-order chi connectivity index (χ1) is 7.25. The highest BCUT2D eigenvalue weighted by Crippen LogP contribution is 2.25. The molecule has 0 amide bonds. The summed E-state index contributed by atoms with van der Waals surface area (Å²) in [5, 5.41) is 3.63. The number of nitrogens with zero attached hydrogens (tertiary/aromatic N) is 1. The molecule has 0 saturated heterocycles. The fourth-order valence-corrected chi connectivity index (χ4v) is 2.13. The first-order valence-corrected chi connectivity index (χ1v) is 5.75. The minimum atomic E-state index is 0.655. The molecule has 1 heterocycles. The minimum absolute atomic E-state index is 0.655. The number of nitrogens with one attached hydrogen (secondary N) is 1. The third-order valence-corrected chi connectivity index (χ3v) is 3.06. The van der Waals surface area contributed by atoms with Gasteiger partial charge in [-0.15, -0.1) is 0 Å². The monoisotopic (exact) mass is 204 g/mol. The normalized spacial score (nSPS) is 19.8. The van der Waals surface area contributed by atoms with E-state index in [0.29, 0.717) is 6.04 Å². The quantitative estimate of drug-likeness (QED) is 0.813. The van der Waals surface area contributed by atoms with Crippen molar-refractivity contribution in [1.29, 1.82) is 0 Å². The molecule has 1 N–H and O–H groups in total. The van der Waals surface area contributed by atoms with Gasteiger partial charge in [-0.3, -0.25) is 0 Å². The van der Waals surface area contributed by atoms with Crippen LogP contribution in [0.1, 0.15) is 18.4 Å². The van der Waals surface area contributed by atoms with Crippen LogP contribution in [-0.4, -0.2) is 31.6 Å². The second-order valence-electron chi connectivity index (χ2n) is 4.63. The summed E-state index contributed by atoms with van der Waals surface area (Å²) < 4.78 is 0. The van der Waals surface area contributed by atoms with Gasteiger partial charge in [0.1, 0.15) is 0 Å². The maximum atomic E-state index is 3.63. The van der Waals surface area contributed by atoms with Crippen LogP contribution < -0.4 is 5.32 Å². The molecule has 0 aliphatic carbocycles. The van der Waals surface area contributed by atoms with E-state index in [-0.39, 0.29) is 0 Å². The van der Waals surface area contributed by atoms with Crippen LogP contribution in [-0.2, 0) is 6.42 Å². The number of hydrogen-bond donors (Lipinski definition) is 1. The summed E-state index contributed by atoms with van der Waals surface area (Å²) >= 11 is 0. The Balaban J connectivity index is 1.94. The molecule has 1 aromatic carbocycles. The van der Waals surface area contributed by atoms with Crippen molar-refractivity contribution in [2.24, 2.45) is 0 Å². The van der Waals surface area contributed by atoms with Crippen molar-refractivity contribution >= 4 is 5.69 Å². The third kappa shape index (κ3) is 2.72. The SMILES string of the molecule is CN(C)CCC1CCc2ccccc2N1. The molecule has 15 heavy (non-hydrogen) atoms. The molecule has 2 rings (SSSR count). The van der Waals surface area contributed by atoms with Crippen LogP contribution in [0.3, 0.4) is 0 Å². The second kappa shape index (κ2) is 4.67. The van der Waals surface area contributed by atoms with E-state index in [0.717, 1.165) is 0 Å². The average Bonchev–Trinajstić information content (AvgIpc) is 2.26. The van der Waals surface area contributed by atoms with Crippen molar-refractivity contribution in [1.82, 2.24) is 4.90 Å². The molecule has 2 heteroatoms. The Morgan fingerprint density at radius 1 is 1.33 bits per heavy atom. The van der Waals surface area contributed by atoms with Gasteiger partial charge in [0.25, 0.3) is 0 Å². The summed E-state index contributed by atoms with van der Waals surface area (Å²) in [6.07, 6.45) is 3.73. The zero-order valence-corrected chi connectivity index (χ0v) is 9.66. The van der Waals surface area contributed by atoms with E-state index in [1.54, 1.807) is 0 Å². The topological polar surface area (TPSA) is 15.3 Å². The van der Waals surface area contributed by atoms with Gasteiger partial charge in [0.15, 0.2) is 0 Å². The van der Waals surface area contributed by atoms with Crippen molar-refractivity contribution in [2.75, 3.05) is 26.0 Å². The molecule has 1 aliphatic heterocycles. The van der Waals surface area contributed by atoms with Crippen LogP contribution in [0, 0.1) is 0 Å². The van der Waals surface area contributed by atoms with Crippen LogP contribution >= 0.6 is 0 Å². The van der Waals surface area contributed by atoms with E-state index in [1.165, 1.54) is 37.1 Å². The predicted molar refractivity (Wildman–Crippen MR) is 65.3 cm³/mol. The maximum Gasteiger partial charge on any atom is 0.0374 e. The van der Waals surface area contributed by atoms with E-state index in [4.69, 9.17) is 0 Å². The van der Waals surface area contributed by atoms with Crippen molar-refractivity contribution in [3.8, 4) is 0 Å². The molecule has 2 nitrogen and oxygen atoms in total. The summed E-state index contributed by atoms with van der Waals surface area (Å²) in [5.41, 5.74) is 2.81. The van der Waals surface area contributed by atoms with Crippen molar-refractivity contribution in [3.63, 3.8) is 0 Å². The number of aryl methyl sites for hydroxylation is 1. The standard InChI is InChI=1S/C13H20N2/c1-15(2)10-9-12-8-7-11-5-3-4-6-13(11)14-12/h3-6,12,14H,7-10H2,1-2H3. The lowest BCUT2D eigenvalue weighted by atomic mass is 9.96. The van der Waals surface area contributed by atoms with Crippen LogP contribution in [0.2, 0.25) is 0 Å². The van der Waals surface area contributed by atoms with E-state index in [9.17, 15) is 0 Å². The Bertz CT molecular complexity index is 320. The summed E-state index contributed by atoms with van der Waals surface area (Å²) in [7, 11) is 4.27. The highest BCUT2D eigenvalue weighted by atomic mass is 15.1. The fraction of sp³-hybridized carbons (Fsp3) is 0.538. The maximum absolute atomic E-state index is 3.63. The van der Waals surface area contributed by atoms with Crippen molar-refractivity contribution < 1.29 is 0 Å². The number of benzene rings is 1. The van der Waals surface area contributed by atoms with Gasteiger partial charge in [-0.25, -0.2) is 0 Å². The van der Waals surface area contributed by atoms with Crippen LogP contribution in [0.5, 0.6) is 0 Å². The Kier molecular flexibility index (Phi) is 3.27. The van der Waals surface area contributed by atoms with Gasteiger partial charge in [-0.1, -0.05) is 18.2 Å². The van der Waals surface area contributed by atoms with Gasteiger partial charge < -0.3 is 10.2 Å². The molecule has 0 fully saturated rings. The predicted octanol–water partition coefficient (Wildman–Crippen LogP) is 2.37. The molecule has 1 aliphatic rings. The minimum Gasteiger partial charge on any atom is -0.382 e. The highest BCUT2D eigenvalue weighted by Gasteiger charge is 2.16. The zero-order valence-electron chi connectivity index (χ0n) is 9.66. The first-order valence-electron chi connectivity index (χ1n) is 5.75. The fourth-order valence-electron chi connectivity index (χ4n) is 2.13. The van der Waals surface area contributed by atoms with E-state index >= 15 is 0 Å². The van der Waals surface area contributed by atoms with Gasteiger partial charge >= 0.3 is 0 Å². The Labute approximate surface area is 92.3 Å². The number of anilines is 1. The Hall–Kier alpha value is -1.02. The second-order valence-corrected chi connectivity index (χ2v) is 4.63. The number of para-hydroxylation sites is 1.